The molecule has 0 atom stereocenters. The molecule has 1 fully saturated rings. The SMILES string of the molecule is COc1cc2c(Nc3ccc(NC(=O)c4cccc(Cl)c4)nc3)ncnc2cc1OCCCN(CCOP(=O)(OC(C)(C)C)OC(C)(C)C)C1CCC1. The van der Waals surface area contributed by atoms with Crippen molar-refractivity contribution in [1.29, 1.82) is 0 Å². The number of nitrogens with one attached hydrogen (secondary N) is 2. The van der Waals surface area contributed by atoms with Gasteiger partial charge in [-0.1, -0.05) is 24.1 Å². The average molecular weight is 769 g/mol. The van der Waals surface area contributed by atoms with E-state index in [0.717, 1.165) is 31.2 Å². The van der Waals surface area contributed by atoms with Crippen LogP contribution in [-0.2, 0) is 18.1 Å². The van der Waals surface area contributed by atoms with E-state index in [1.54, 1.807) is 49.7 Å². The molecule has 2 aromatic carbocycles. The number of hydrogen-bond donors (Lipinski definition) is 2. The Morgan fingerprint density at radius 2 is 1.70 bits per heavy atom. The number of carbonyl (C=O) groups is 1. The molecule has 0 radical (unpaired) electrons. The lowest BCUT2D eigenvalue weighted by molar-refractivity contribution is -0.00213. The van der Waals surface area contributed by atoms with Gasteiger partial charge < -0.3 is 20.1 Å². The van der Waals surface area contributed by atoms with E-state index in [-0.39, 0.29) is 12.5 Å². The number of anilines is 3. The predicted molar refractivity (Wildman–Crippen MR) is 208 cm³/mol. The molecular formula is C38H50ClN6O7P. The molecule has 1 aliphatic carbocycles. The van der Waals surface area contributed by atoms with Gasteiger partial charge in [-0.15, -0.1) is 0 Å². The second-order valence-electron chi connectivity index (χ2n) is 14.8. The zero-order valence-electron chi connectivity index (χ0n) is 31.5. The third kappa shape index (κ3) is 12.1. The maximum Gasteiger partial charge on any atom is 0.475 e. The van der Waals surface area contributed by atoms with Crippen molar-refractivity contribution in [1.82, 2.24) is 19.9 Å². The summed E-state index contributed by atoms with van der Waals surface area (Å²) in [6, 6.07) is 14.3. The first kappa shape index (κ1) is 40.3. The minimum Gasteiger partial charge on any atom is -0.493 e. The van der Waals surface area contributed by atoms with E-state index in [1.165, 1.54) is 12.7 Å². The number of hydrogen-bond acceptors (Lipinski definition) is 12. The summed E-state index contributed by atoms with van der Waals surface area (Å²) in [4.78, 5) is 28.2. The van der Waals surface area contributed by atoms with E-state index in [0.29, 0.717) is 64.1 Å². The number of nitrogens with zero attached hydrogens (tertiary/aromatic N) is 4. The van der Waals surface area contributed by atoms with Gasteiger partial charge in [0.15, 0.2) is 11.5 Å². The summed E-state index contributed by atoms with van der Waals surface area (Å²) in [5.74, 6) is 1.76. The number of phosphoric acid groups is 1. The molecule has 1 aliphatic rings. The Morgan fingerprint density at radius 3 is 2.32 bits per heavy atom. The number of carbonyl (C=O) groups excluding carboxylic acids is 1. The zero-order valence-corrected chi connectivity index (χ0v) is 33.1. The monoisotopic (exact) mass is 768 g/mol. The number of rotatable bonds is 17. The quantitative estimate of drug-likeness (QED) is 0.0780. The Balaban J connectivity index is 1.17. The first-order valence-electron chi connectivity index (χ1n) is 17.8. The lowest BCUT2D eigenvalue weighted by Crippen LogP contribution is -2.43. The number of halogens is 1. The third-order valence-electron chi connectivity index (χ3n) is 8.11. The van der Waals surface area contributed by atoms with Gasteiger partial charge in [-0.2, -0.15) is 0 Å². The number of amides is 1. The van der Waals surface area contributed by atoms with Crippen molar-refractivity contribution in [3.8, 4) is 11.5 Å². The summed E-state index contributed by atoms with van der Waals surface area (Å²) in [7, 11) is -2.19. The number of phosphoric ester groups is 1. The first-order chi connectivity index (χ1) is 25.1. The van der Waals surface area contributed by atoms with Crippen LogP contribution in [0.4, 0.5) is 17.3 Å². The van der Waals surface area contributed by atoms with Crippen molar-refractivity contribution < 1.29 is 32.4 Å². The Labute approximate surface area is 316 Å². The maximum atomic E-state index is 13.5. The average Bonchev–Trinajstić information content (AvgIpc) is 3.04. The number of fused-ring (bicyclic) bond motifs is 1. The Hall–Kier alpha value is -3.84. The molecule has 5 rings (SSSR count). The van der Waals surface area contributed by atoms with E-state index in [1.807, 2.05) is 53.7 Å². The third-order valence-corrected chi connectivity index (χ3v) is 10.4. The van der Waals surface area contributed by atoms with Crippen molar-refractivity contribution in [2.24, 2.45) is 0 Å². The highest BCUT2D eigenvalue weighted by Crippen LogP contribution is 2.55. The molecule has 13 nitrogen and oxygen atoms in total. The first-order valence-corrected chi connectivity index (χ1v) is 19.6. The van der Waals surface area contributed by atoms with Crippen LogP contribution in [0.2, 0.25) is 5.02 Å². The van der Waals surface area contributed by atoms with Crippen LogP contribution in [-0.4, -0.2) is 76.4 Å². The van der Waals surface area contributed by atoms with E-state index >= 15 is 0 Å². The minimum atomic E-state index is -3.78. The topological polar surface area (TPSA) is 146 Å². The van der Waals surface area contributed by atoms with Crippen molar-refractivity contribution in [2.45, 2.75) is 84.5 Å². The van der Waals surface area contributed by atoms with Gasteiger partial charge in [-0.25, -0.2) is 19.5 Å². The van der Waals surface area contributed by atoms with Crippen molar-refractivity contribution >= 4 is 53.6 Å². The minimum absolute atomic E-state index is 0.218. The maximum absolute atomic E-state index is 13.5. The van der Waals surface area contributed by atoms with Crippen LogP contribution in [0.15, 0.2) is 61.1 Å². The number of aromatic nitrogens is 3. The molecule has 4 aromatic rings. The van der Waals surface area contributed by atoms with Gasteiger partial charge in [-0.3, -0.25) is 23.3 Å². The van der Waals surface area contributed by atoms with E-state index in [2.05, 4.69) is 30.5 Å². The number of ether oxygens (including phenoxy) is 2. The Morgan fingerprint density at radius 1 is 0.943 bits per heavy atom. The van der Waals surface area contributed by atoms with Crippen molar-refractivity contribution in [2.75, 3.05) is 44.0 Å². The second-order valence-corrected chi connectivity index (χ2v) is 16.7. The molecule has 1 saturated carbocycles. The van der Waals surface area contributed by atoms with Gasteiger partial charge in [0.25, 0.3) is 5.91 Å². The van der Waals surface area contributed by atoms with Gasteiger partial charge in [0, 0.05) is 41.2 Å². The van der Waals surface area contributed by atoms with E-state index < -0.39 is 19.0 Å². The smallest absolute Gasteiger partial charge is 0.475 e. The molecule has 1 amide bonds. The molecule has 0 bridgehead atoms. The predicted octanol–water partition coefficient (Wildman–Crippen LogP) is 9.06. The van der Waals surface area contributed by atoms with Gasteiger partial charge >= 0.3 is 7.82 Å². The molecule has 0 aliphatic heterocycles. The summed E-state index contributed by atoms with van der Waals surface area (Å²) in [5, 5.41) is 7.26. The molecule has 286 valence electrons. The fourth-order valence-corrected chi connectivity index (χ4v) is 7.60. The summed E-state index contributed by atoms with van der Waals surface area (Å²) < 4.78 is 42.8. The van der Waals surface area contributed by atoms with E-state index in [4.69, 9.17) is 34.6 Å². The molecule has 2 aromatic heterocycles. The second kappa shape index (κ2) is 17.5. The fourth-order valence-electron chi connectivity index (χ4n) is 5.62. The van der Waals surface area contributed by atoms with Crippen LogP contribution in [0.5, 0.6) is 11.5 Å². The van der Waals surface area contributed by atoms with Gasteiger partial charge in [0.2, 0.25) is 0 Å². The van der Waals surface area contributed by atoms with Crippen LogP contribution in [0.3, 0.4) is 0 Å². The Kier molecular flexibility index (Phi) is 13.3. The van der Waals surface area contributed by atoms with Crippen molar-refractivity contribution in [3.05, 3.63) is 71.6 Å². The molecule has 15 heteroatoms. The molecule has 0 spiro atoms. The normalized spacial score (nSPS) is 13.9. The molecular weight excluding hydrogens is 719 g/mol. The zero-order chi connectivity index (χ0) is 38.2. The van der Waals surface area contributed by atoms with Gasteiger partial charge in [-0.05, 0) is 97.2 Å². The highest BCUT2D eigenvalue weighted by atomic mass is 35.5. The highest BCUT2D eigenvalue weighted by molar-refractivity contribution is 7.48. The Bertz CT molecular complexity index is 1880. The summed E-state index contributed by atoms with van der Waals surface area (Å²) >= 11 is 6.02. The largest absolute Gasteiger partial charge is 0.493 e. The standard InChI is InChI=1S/C38H50ClN6O7P/c1-37(2,3)51-53(47,52-38(4,5)6)50-20-18-45(29-13-9-14-29)17-10-19-49-33-23-31-30(22-32(33)48-7)35(42-25-41-31)43-28-15-16-34(40-24-28)44-36(46)26-11-8-12-27(39)21-26/h8,11-12,15-16,21-25,29H,9-10,13-14,17-20H2,1-7H3,(H,40,44,46)(H,41,42,43). The number of benzene rings is 2. The lowest BCUT2D eigenvalue weighted by atomic mass is 9.91. The number of pyridine rings is 1. The lowest BCUT2D eigenvalue weighted by Gasteiger charge is -2.38. The summed E-state index contributed by atoms with van der Waals surface area (Å²) in [6.07, 6.45) is 7.26. The summed E-state index contributed by atoms with van der Waals surface area (Å²) in [5.41, 5.74) is 0.392. The van der Waals surface area contributed by atoms with Gasteiger partial charge in [0.05, 0.1) is 48.9 Å². The summed E-state index contributed by atoms with van der Waals surface area (Å²) in [6.45, 7) is 13.0. The molecule has 53 heavy (non-hydrogen) atoms. The van der Waals surface area contributed by atoms with Crippen LogP contribution in [0, 0.1) is 0 Å². The van der Waals surface area contributed by atoms with Crippen LogP contribution in [0.25, 0.3) is 10.9 Å². The van der Waals surface area contributed by atoms with Crippen LogP contribution in [0.1, 0.15) is 77.6 Å². The van der Waals surface area contributed by atoms with E-state index in [9.17, 15) is 9.36 Å². The van der Waals surface area contributed by atoms with Gasteiger partial charge in [0.1, 0.15) is 18.0 Å². The molecule has 0 saturated heterocycles. The molecule has 2 N–H and O–H groups in total. The number of methoxy groups -OCH3 is 1. The fraction of sp³-hybridized carbons (Fsp3) is 0.474. The molecule has 2 heterocycles. The van der Waals surface area contributed by atoms with Crippen LogP contribution >= 0.6 is 19.4 Å². The van der Waals surface area contributed by atoms with Crippen LogP contribution < -0.4 is 20.1 Å². The molecule has 0 unspecified atom stereocenters. The highest BCUT2D eigenvalue weighted by Gasteiger charge is 2.37. The van der Waals surface area contributed by atoms with Crippen molar-refractivity contribution in [3.63, 3.8) is 0 Å².